The van der Waals surface area contributed by atoms with E-state index in [4.69, 9.17) is 17.5 Å². The van der Waals surface area contributed by atoms with Gasteiger partial charge in [-0.05, 0) is 19.1 Å². The number of nitriles is 1. The lowest BCUT2D eigenvalue weighted by molar-refractivity contribution is 0.898. The smallest absolute Gasteiger partial charge is 0.105 e. The number of rotatable bonds is 4. The van der Waals surface area contributed by atoms with Crippen LogP contribution in [0.15, 0.2) is 0 Å². The standard InChI is InChI=1S/C8H13NS3/c1-3-4-5-11-8(10)12-7(2)6-9/h7H,3-5H2,1-2H3. The second-order valence-electron chi connectivity index (χ2n) is 2.34. The molecular weight excluding hydrogens is 206 g/mol. The van der Waals surface area contributed by atoms with Gasteiger partial charge in [-0.3, -0.25) is 0 Å². The average molecular weight is 219 g/mol. The summed E-state index contributed by atoms with van der Waals surface area (Å²) < 4.78 is 0.900. The van der Waals surface area contributed by atoms with Gasteiger partial charge in [0.25, 0.3) is 0 Å². The number of unbranched alkanes of at least 4 members (excludes halogenated alkanes) is 1. The number of nitrogens with zero attached hydrogens (tertiary/aromatic N) is 1. The summed E-state index contributed by atoms with van der Waals surface area (Å²) >= 11 is 8.26. The Balaban J connectivity index is 3.41. The van der Waals surface area contributed by atoms with Crippen LogP contribution in [0.3, 0.4) is 0 Å². The Labute approximate surface area is 88.3 Å². The molecular formula is C8H13NS3. The van der Waals surface area contributed by atoms with E-state index in [1.807, 2.05) is 6.92 Å². The van der Waals surface area contributed by atoms with Gasteiger partial charge >= 0.3 is 0 Å². The van der Waals surface area contributed by atoms with Crippen LogP contribution in [0.25, 0.3) is 0 Å². The zero-order valence-corrected chi connectivity index (χ0v) is 9.82. The molecule has 0 bridgehead atoms. The Bertz CT molecular complexity index is 174. The van der Waals surface area contributed by atoms with Crippen molar-refractivity contribution in [2.24, 2.45) is 0 Å². The molecule has 0 aromatic carbocycles. The number of thiocarbonyl (C=S) groups is 1. The molecule has 0 rings (SSSR count). The third kappa shape index (κ3) is 6.96. The Morgan fingerprint density at radius 3 is 2.83 bits per heavy atom. The summed E-state index contributed by atoms with van der Waals surface area (Å²) in [6, 6.07) is 2.15. The van der Waals surface area contributed by atoms with Crippen LogP contribution in [-0.2, 0) is 0 Å². The van der Waals surface area contributed by atoms with Crippen molar-refractivity contribution in [2.75, 3.05) is 5.75 Å². The van der Waals surface area contributed by atoms with Crippen LogP contribution in [0, 0.1) is 11.3 Å². The molecule has 12 heavy (non-hydrogen) atoms. The molecule has 0 spiro atoms. The van der Waals surface area contributed by atoms with E-state index in [1.165, 1.54) is 24.6 Å². The molecule has 0 saturated carbocycles. The Hall–Kier alpha value is 0.280. The van der Waals surface area contributed by atoms with Crippen LogP contribution in [0.4, 0.5) is 0 Å². The van der Waals surface area contributed by atoms with Crippen molar-refractivity contribution in [3.05, 3.63) is 0 Å². The molecule has 0 fully saturated rings. The fourth-order valence-corrected chi connectivity index (χ4v) is 3.08. The van der Waals surface area contributed by atoms with E-state index < -0.39 is 0 Å². The van der Waals surface area contributed by atoms with Crippen molar-refractivity contribution in [2.45, 2.75) is 31.9 Å². The zero-order valence-electron chi connectivity index (χ0n) is 7.37. The van der Waals surface area contributed by atoms with E-state index in [-0.39, 0.29) is 5.25 Å². The summed E-state index contributed by atoms with van der Waals surface area (Å²) in [6.45, 7) is 4.03. The van der Waals surface area contributed by atoms with E-state index in [2.05, 4.69) is 13.0 Å². The van der Waals surface area contributed by atoms with Gasteiger partial charge in [-0.2, -0.15) is 5.26 Å². The first kappa shape index (κ1) is 12.3. The Morgan fingerprint density at radius 1 is 1.67 bits per heavy atom. The minimum atomic E-state index is -0.00775. The van der Waals surface area contributed by atoms with Crippen molar-refractivity contribution in [1.82, 2.24) is 0 Å². The van der Waals surface area contributed by atoms with Gasteiger partial charge in [0, 0.05) is 0 Å². The van der Waals surface area contributed by atoms with Gasteiger partial charge in [-0.25, -0.2) is 0 Å². The Morgan fingerprint density at radius 2 is 2.33 bits per heavy atom. The third-order valence-electron chi connectivity index (χ3n) is 1.17. The second-order valence-corrected chi connectivity index (χ2v) is 5.98. The van der Waals surface area contributed by atoms with Crippen LogP contribution >= 0.6 is 35.7 Å². The lowest BCUT2D eigenvalue weighted by Gasteiger charge is -2.02. The molecule has 1 nitrogen and oxygen atoms in total. The van der Waals surface area contributed by atoms with Crippen LogP contribution < -0.4 is 0 Å². The lowest BCUT2D eigenvalue weighted by Crippen LogP contribution is -1.94. The molecule has 0 N–H and O–H groups in total. The van der Waals surface area contributed by atoms with Gasteiger partial charge in [0.2, 0.25) is 0 Å². The largest absolute Gasteiger partial charge is 0.197 e. The van der Waals surface area contributed by atoms with Crippen LogP contribution in [0.2, 0.25) is 0 Å². The summed E-state index contributed by atoms with van der Waals surface area (Å²) in [6.07, 6.45) is 2.40. The molecule has 0 heterocycles. The minimum Gasteiger partial charge on any atom is -0.197 e. The molecule has 0 amide bonds. The molecule has 0 saturated heterocycles. The first-order valence-electron chi connectivity index (χ1n) is 3.93. The minimum absolute atomic E-state index is 0.00775. The normalized spacial score (nSPS) is 12.1. The fourth-order valence-electron chi connectivity index (χ4n) is 0.505. The highest BCUT2D eigenvalue weighted by molar-refractivity contribution is 8.47. The maximum absolute atomic E-state index is 8.52. The predicted octanol–water partition coefficient (Wildman–Crippen LogP) is 3.45. The highest BCUT2D eigenvalue weighted by atomic mass is 32.2. The predicted molar refractivity (Wildman–Crippen MR) is 62.6 cm³/mol. The van der Waals surface area contributed by atoms with Gasteiger partial charge in [-0.15, -0.1) is 11.8 Å². The van der Waals surface area contributed by atoms with Gasteiger partial charge in [0.1, 0.15) is 3.53 Å². The molecule has 1 atom stereocenters. The van der Waals surface area contributed by atoms with Crippen LogP contribution in [-0.4, -0.2) is 14.5 Å². The maximum Gasteiger partial charge on any atom is 0.105 e. The van der Waals surface area contributed by atoms with Crippen LogP contribution in [0.1, 0.15) is 26.7 Å². The van der Waals surface area contributed by atoms with Crippen molar-refractivity contribution >= 4 is 39.3 Å². The number of hydrogen-bond donors (Lipinski definition) is 0. The molecule has 0 aromatic rings. The van der Waals surface area contributed by atoms with E-state index >= 15 is 0 Å². The molecule has 0 aliphatic carbocycles. The van der Waals surface area contributed by atoms with E-state index in [0.29, 0.717) is 0 Å². The van der Waals surface area contributed by atoms with Gasteiger partial charge in [0.15, 0.2) is 0 Å². The molecule has 68 valence electrons. The maximum atomic E-state index is 8.52. The van der Waals surface area contributed by atoms with Crippen molar-refractivity contribution in [1.29, 1.82) is 5.26 Å². The summed E-state index contributed by atoms with van der Waals surface area (Å²) in [5.41, 5.74) is 0. The van der Waals surface area contributed by atoms with Gasteiger partial charge in [0.05, 0.1) is 11.3 Å². The van der Waals surface area contributed by atoms with Crippen LogP contribution in [0.5, 0.6) is 0 Å². The molecule has 0 aliphatic rings. The third-order valence-corrected chi connectivity index (χ3v) is 3.84. The van der Waals surface area contributed by atoms with Crippen molar-refractivity contribution < 1.29 is 0 Å². The first-order chi connectivity index (χ1) is 5.70. The molecule has 1 unspecified atom stereocenters. The summed E-state index contributed by atoms with van der Waals surface area (Å²) in [7, 11) is 0. The zero-order chi connectivity index (χ0) is 9.40. The first-order valence-corrected chi connectivity index (χ1v) is 6.21. The molecule has 0 radical (unpaired) electrons. The van der Waals surface area contributed by atoms with Crippen molar-refractivity contribution in [3.8, 4) is 6.07 Å². The van der Waals surface area contributed by atoms with Gasteiger partial charge in [-0.1, -0.05) is 37.3 Å². The number of thioether (sulfide) groups is 2. The van der Waals surface area contributed by atoms with E-state index in [0.717, 1.165) is 9.28 Å². The van der Waals surface area contributed by atoms with Crippen molar-refractivity contribution in [3.63, 3.8) is 0 Å². The lowest BCUT2D eigenvalue weighted by atomic mass is 10.4. The fraction of sp³-hybridized carbons (Fsp3) is 0.750. The van der Waals surface area contributed by atoms with E-state index in [9.17, 15) is 0 Å². The number of hydrogen-bond acceptors (Lipinski definition) is 4. The summed E-state index contributed by atoms with van der Waals surface area (Å²) in [5, 5.41) is 8.51. The molecule has 0 aromatic heterocycles. The Kier molecular flexibility index (Phi) is 8.09. The second kappa shape index (κ2) is 7.90. The molecule has 0 aliphatic heterocycles. The quantitative estimate of drug-likeness (QED) is 0.534. The highest BCUT2D eigenvalue weighted by Crippen LogP contribution is 2.22. The topological polar surface area (TPSA) is 23.8 Å². The molecule has 4 heteroatoms. The monoisotopic (exact) mass is 219 g/mol. The highest BCUT2D eigenvalue weighted by Gasteiger charge is 2.04. The SMILES string of the molecule is CCCCSC(=S)SC(C)C#N. The summed E-state index contributed by atoms with van der Waals surface area (Å²) in [4.78, 5) is 0. The average Bonchev–Trinajstić information content (AvgIpc) is 2.05. The van der Waals surface area contributed by atoms with Gasteiger partial charge < -0.3 is 0 Å². The summed E-state index contributed by atoms with van der Waals surface area (Å²) in [5.74, 6) is 1.08. The van der Waals surface area contributed by atoms with E-state index in [1.54, 1.807) is 11.8 Å².